The maximum absolute atomic E-state index is 12.1. The highest BCUT2D eigenvalue weighted by Crippen LogP contribution is 2.36. The van der Waals surface area contributed by atoms with E-state index in [1.165, 1.54) is 5.06 Å². The lowest BCUT2D eigenvalue weighted by Gasteiger charge is -2.51. The number of hydrogen-bond acceptors (Lipinski definition) is 3. The van der Waals surface area contributed by atoms with Crippen molar-refractivity contribution in [2.75, 3.05) is 0 Å². The third-order valence-electron chi connectivity index (χ3n) is 4.38. The Morgan fingerprint density at radius 1 is 1.23 bits per heavy atom. The summed E-state index contributed by atoms with van der Waals surface area (Å²) in [5, 5.41) is 14.8. The molecule has 0 aliphatic carbocycles. The third kappa shape index (κ3) is 5.73. The zero-order valence-electron chi connectivity index (χ0n) is 15.1. The smallest absolute Gasteiger partial charge is 0.224 e. The van der Waals surface area contributed by atoms with E-state index in [0.717, 1.165) is 25.7 Å². The van der Waals surface area contributed by atoms with Gasteiger partial charge < -0.3 is 10.5 Å². The van der Waals surface area contributed by atoms with Crippen LogP contribution >= 0.6 is 0 Å². The second-order valence-corrected chi connectivity index (χ2v) is 8.26. The topological polar surface area (TPSA) is 52.6 Å². The fourth-order valence-corrected chi connectivity index (χ4v) is 3.40. The molecule has 0 unspecified atom stereocenters. The van der Waals surface area contributed by atoms with Crippen molar-refractivity contribution in [3.05, 3.63) is 12.2 Å². The summed E-state index contributed by atoms with van der Waals surface area (Å²) < 4.78 is 0. The molecule has 0 aromatic heterocycles. The van der Waals surface area contributed by atoms with Gasteiger partial charge in [0.25, 0.3) is 0 Å². The number of hydroxylamine groups is 2. The summed E-state index contributed by atoms with van der Waals surface area (Å²) in [6, 6.07) is 0.116. The van der Waals surface area contributed by atoms with Gasteiger partial charge in [-0.3, -0.25) is 4.79 Å². The molecule has 4 nitrogen and oxygen atoms in total. The van der Waals surface area contributed by atoms with E-state index in [1.54, 1.807) is 0 Å². The van der Waals surface area contributed by atoms with Crippen LogP contribution in [0.2, 0.25) is 0 Å². The van der Waals surface area contributed by atoms with Crippen LogP contribution in [0.4, 0.5) is 0 Å². The fourth-order valence-electron chi connectivity index (χ4n) is 3.40. The van der Waals surface area contributed by atoms with Crippen molar-refractivity contribution in [1.29, 1.82) is 0 Å². The number of hydrogen-bond donors (Lipinski definition) is 2. The highest BCUT2D eigenvalue weighted by atomic mass is 16.5. The number of carbonyl (C=O) groups is 1. The first-order valence-electron chi connectivity index (χ1n) is 8.48. The van der Waals surface area contributed by atoms with Gasteiger partial charge in [-0.1, -0.05) is 26.0 Å². The van der Waals surface area contributed by atoms with Gasteiger partial charge in [-0.15, -0.1) is 0 Å². The van der Waals surface area contributed by atoms with Crippen LogP contribution in [0, 0.1) is 5.92 Å². The number of nitrogens with zero attached hydrogens (tertiary/aromatic N) is 1. The lowest BCUT2D eigenvalue weighted by Crippen LogP contribution is -2.62. The average molecular weight is 310 g/mol. The molecule has 2 N–H and O–H groups in total. The monoisotopic (exact) mass is 310 g/mol. The summed E-state index contributed by atoms with van der Waals surface area (Å²) in [6.07, 6.45) is 8.23. The molecule has 0 aromatic rings. The van der Waals surface area contributed by atoms with Crippen LogP contribution in [0.1, 0.15) is 73.6 Å². The molecule has 0 aromatic carbocycles. The van der Waals surface area contributed by atoms with E-state index in [9.17, 15) is 10.0 Å². The molecule has 22 heavy (non-hydrogen) atoms. The summed E-state index contributed by atoms with van der Waals surface area (Å²) in [4.78, 5) is 12.1. The van der Waals surface area contributed by atoms with Crippen molar-refractivity contribution in [1.82, 2.24) is 10.4 Å². The highest BCUT2D eigenvalue weighted by molar-refractivity contribution is 5.77. The molecule has 128 valence electrons. The van der Waals surface area contributed by atoms with Crippen LogP contribution in [0.3, 0.4) is 0 Å². The summed E-state index contributed by atoms with van der Waals surface area (Å²) in [7, 11) is 0. The van der Waals surface area contributed by atoms with Gasteiger partial charge in [-0.05, 0) is 59.3 Å². The lowest BCUT2D eigenvalue weighted by atomic mass is 9.79. The zero-order valence-corrected chi connectivity index (χ0v) is 15.1. The van der Waals surface area contributed by atoms with E-state index in [4.69, 9.17) is 0 Å². The standard InChI is InChI=1S/C18H34N2O2/c1-14(2)10-8-7-9-11-16(21)19-15-12-17(3,4)20(22)18(5,6)13-15/h7,9,14-15,22H,8,10-13H2,1-6H3,(H,19,21)/b9-7+. The predicted molar refractivity (Wildman–Crippen MR) is 90.8 cm³/mol. The average Bonchev–Trinajstić information content (AvgIpc) is 2.34. The molecular formula is C18H34N2O2. The number of piperidine rings is 1. The van der Waals surface area contributed by atoms with Crippen LogP contribution in [0.15, 0.2) is 12.2 Å². The van der Waals surface area contributed by atoms with E-state index in [0.29, 0.717) is 12.3 Å². The second kappa shape index (κ2) is 7.60. The first-order chi connectivity index (χ1) is 10.0. The van der Waals surface area contributed by atoms with Crippen molar-refractivity contribution < 1.29 is 10.0 Å². The minimum atomic E-state index is -0.327. The van der Waals surface area contributed by atoms with Crippen LogP contribution in [0.5, 0.6) is 0 Å². The fraction of sp³-hybridized carbons (Fsp3) is 0.833. The SMILES string of the molecule is CC(C)CC/C=C/CC(=O)NC1CC(C)(C)N(O)C(C)(C)C1. The molecule has 1 aliphatic rings. The van der Waals surface area contributed by atoms with Crippen molar-refractivity contribution in [2.24, 2.45) is 5.92 Å². The van der Waals surface area contributed by atoms with Gasteiger partial charge >= 0.3 is 0 Å². The first-order valence-corrected chi connectivity index (χ1v) is 8.48. The minimum absolute atomic E-state index is 0.0730. The van der Waals surface area contributed by atoms with Crippen LogP contribution < -0.4 is 5.32 Å². The minimum Gasteiger partial charge on any atom is -0.353 e. The van der Waals surface area contributed by atoms with E-state index in [1.807, 2.05) is 33.8 Å². The summed E-state index contributed by atoms with van der Waals surface area (Å²) in [5.41, 5.74) is -0.653. The molecule has 0 radical (unpaired) electrons. The van der Waals surface area contributed by atoms with Crippen molar-refractivity contribution >= 4 is 5.91 Å². The van der Waals surface area contributed by atoms with Gasteiger partial charge in [0, 0.05) is 23.5 Å². The Balaban J connectivity index is 2.45. The molecule has 0 spiro atoms. The van der Waals surface area contributed by atoms with Crippen molar-refractivity contribution in [3.63, 3.8) is 0 Å². The molecule has 1 fully saturated rings. The molecule has 1 heterocycles. The Kier molecular flexibility index (Phi) is 6.63. The number of carbonyl (C=O) groups excluding carboxylic acids is 1. The van der Waals surface area contributed by atoms with Crippen LogP contribution in [-0.2, 0) is 4.79 Å². The molecule has 4 heteroatoms. The Morgan fingerprint density at radius 3 is 2.27 bits per heavy atom. The number of rotatable bonds is 6. The van der Waals surface area contributed by atoms with Gasteiger partial charge in [-0.2, -0.15) is 5.06 Å². The molecule has 1 aliphatic heterocycles. The van der Waals surface area contributed by atoms with Crippen molar-refractivity contribution in [2.45, 2.75) is 90.8 Å². The zero-order chi connectivity index (χ0) is 17.0. The maximum Gasteiger partial charge on any atom is 0.224 e. The Bertz CT molecular complexity index is 382. The molecule has 1 rings (SSSR count). The third-order valence-corrected chi connectivity index (χ3v) is 4.38. The highest BCUT2D eigenvalue weighted by Gasteiger charge is 2.45. The van der Waals surface area contributed by atoms with Gasteiger partial charge in [0.15, 0.2) is 0 Å². The van der Waals surface area contributed by atoms with Gasteiger partial charge in [0.1, 0.15) is 0 Å². The van der Waals surface area contributed by atoms with E-state index in [2.05, 4.69) is 25.2 Å². The molecule has 0 atom stereocenters. The Morgan fingerprint density at radius 2 is 1.77 bits per heavy atom. The normalized spacial score (nSPS) is 22.4. The number of nitrogens with one attached hydrogen (secondary N) is 1. The van der Waals surface area contributed by atoms with Gasteiger partial charge in [0.05, 0.1) is 0 Å². The van der Waals surface area contributed by atoms with Crippen LogP contribution in [0.25, 0.3) is 0 Å². The Hall–Kier alpha value is -0.870. The summed E-state index contributed by atoms with van der Waals surface area (Å²) >= 11 is 0. The van der Waals surface area contributed by atoms with Gasteiger partial charge in [0.2, 0.25) is 5.91 Å². The summed E-state index contributed by atoms with van der Waals surface area (Å²) in [5.74, 6) is 0.774. The summed E-state index contributed by atoms with van der Waals surface area (Å²) in [6.45, 7) is 12.5. The number of allylic oxidation sites excluding steroid dienone is 1. The Labute approximate surface area is 135 Å². The molecule has 0 bridgehead atoms. The van der Waals surface area contributed by atoms with E-state index in [-0.39, 0.29) is 23.0 Å². The molecule has 1 amide bonds. The lowest BCUT2D eigenvalue weighted by molar-refractivity contribution is -0.246. The second-order valence-electron chi connectivity index (χ2n) is 8.26. The van der Waals surface area contributed by atoms with E-state index >= 15 is 0 Å². The van der Waals surface area contributed by atoms with E-state index < -0.39 is 0 Å². The molecular weight excluding hydrogens is 276 g/mol. The molecule has 0 saturated carbocycles. The predicted octanol–water partition coefficient (Wildman–Crippen LogP) is 3.90. The van der Waals surface area contributed by atoms with Crippen LogP contribution in [-0.4, -0.2) is 33.3 Å². The largest absolute Gasteiger partial charge is 0.353 e. The van der Waals surface area contributed by atoms with Gasteiger partial charge in [-0.25, -0.2) is 0 Å². The first kappa shape index (κ1) is 19.2. The number of amides is 1. The maximum atomic E-state index is 12.1. The molecule has 1 saturated heterocycles. The van der Waals surface area contributed by atoms with Crippen molar-refractivity contribution in [3.8, 4) is 0 Å². The quantitative estimate of drug-likeness (QED) is 0.732.